The van der Waals surface area contributed by atoms with Gasteiger partial charge in [-0.25, -0.2) is 0 Å². The lowest BCUT2D eigenvalue weighted by atomic mass is 10.1. The molecule has 0 aromatic heterocycles. The van der Waals surface area contributed by atoms with Crippen molar-refractivity contribution in [2.45, 2.75) is 19.4 Å². The highest BCUT2D eigenvalue weighted by Crippen LogP contribution is 2.29. The molecular weight excluding hydrogens is 296 g/mol. The van der Waals surface area contributed by atoms with Crippen molar-refractivity contribution < 1.29 is 9.59 Å². The van der Waals surface area contributed by atoms with Crippen LogP contribution >= 0.6 is 15.9 Å². The number of benzene rings is 1. The lowest BCUT2D eigenvalue weighted by Crippen LogP contribution is -2.30. The van der Waals surface area contributed by atoms with Crippen molar-refractivity contribution in [2.75, 3.05) is 6.54 Å². The Labute approximate surface area is 114 Å². The Morgan fingerprint density at radius 1 is 1.56 bits per heavy atom. The molecule has 1 heterocycles. The number of likely N-dealkylation sites (tertiary alicyclic amines) is 1. The van der Waals surface area contributed by atoms with Crippen LogP contribution in [0.25, 0.3) is 0 Å². The Morgan fingerprint density at radius 2 is 2.28 bits per heavy atom. The number of nitrogens with two attached hydrogens (primary N) is 1. The van der Waals surface area contributed by atoms with Gasteiger partial charge in [-0.05, 0) is 24.6 Å². The average molecular weight is 311 g/mol. The van der Waals surface area contributed by atoms with E-state index in [1.54, 1.807) is 4.90 Å². The molecule has 0 saturated carbocycles. The summed E-state index contributed by atoms with van der Waals surface area (Å²) in [4.78, 5) is 24.8. The van der Waals surface area contributed by atoms with Gasteiger partial charge in [0.1, 0.15) is 0 Å². The molecule has 2 unspecified atom stereocenters. The molecule has 0 radical (unpaired) electrons. The van der Waals surface area contributed by atoms with Gasteiger partial charge < -0.3 is 10.6 Å². The maximum atomic E-state index is 11.9. The third kappa shape index (κ3) is 2.56. The molecule has 5 heteroatoms. The van der Waals surface area contributed by atoms with Crippen LogP contribution in [0, 0.1) is 5.92 Å². The van der Waals surface area contributed by atoms with E-state index in [4.69, 9.17) is 5.73 Å². The highest BCUT2D eigenvalue weighted by molar-refractivity contribution is 9.10. The molecular formula is C13H15BrN2O2. The monoisotopic (exact) mass is 310 g/mol. The highest BCUT2D eigenvalue weighted by Gasteiger charge is 2.35. The van der Waals surface area contributed by atoms with Crippen molar-refractivity contribution in [3.05, 3.63) is 34.3 Å². The molecule has 2 N–H and O–H groups in total. The standard InChI is InChI=1S/C13H15BrN2O2/c1-8(9-3-2-4-11(14)5-9)16-7-10(13(15)18)6-12(16)17/h2-5,8,10H,6-7H2,1H3,(H2,15,18). The van der Waals surface area contributed by atoms with Crippen LogP contribution in [0.4, 0.5) is 0 Å². The summed E-state index contributed by atoms with van der Waals surface area (Å²) in [6.45, 7) is 2.38. The average Bonchev–Trinajstić information content (AvgIpc) is 2.70. The molecule has 2 atom stereocenters. The molecule has 96 valence electrons. The maximum Gasteiger partial charge on any atom is 0.223 e. The van der Waals surface area contributed by atoms with Gasteiger partial charge in [0.05, 0.1) is 12.0 Å². The second-order valence-corrected chi connectivity index (χ2v) is 5.50. The fourth-order valence-electron chi connectivity index (χ4n) is 2.24. The summed E-state index contributed by atoms with van der Waals surface area (Å²) >= 11 is 3.41. The van der Waals surface area contributed by atoms with Gasteiger partial charge in [-0.2, -0.15) is 0 Å². The fraction of sp³-hybridized carbons (Fsp3) is 0.385. The molecule has 0 bridgehead atoms. The van der Waals surface area contributed by atoms with Crippen molar-refractivity contribution >= 4 is 27.7 Å². The van der Waals surface area contributed by atoms with Gasteiger partial charge >= 0.3 is 0 Å². The van der Waals surface area contributed by atoms with Crippen molar-refractivity contribution in [1.29, 1.82) is 0 Å². The summed E-state index contributed by atoms with van der Waals surface area (Å²) in [6, 6.07) is 7.78. The van der Waals surface area contributed by atoms with Gasteiger partial charge in [0.2, 0.25) is 11.8 Å². The third-order valence-electron chi connectivity index (χ3n) is 3.36. The van der Waals surface area contributed by atoms with E-state index in [0.717, 1.165) is 10.0 Å². The number of rotatable bonds is 3. The quantitative estimate of drug-likeness (QED) is 0.926. The van der Waals surface area contributed by atoms with Crippen LogP contribution in [0.1, 0.15) is 24.9 Å². The summed E-state index contributed by atoms with van der Waals surface area (Å²) in [5.41, 5.74) is 6.30. The summed E-state index contributed by atoms with van der Waals surface area (Å²) in [7, 11) is 0. The number of nitrogens with zero attached hydrogens (tertiary/aromatic N) is 1. The van der Waals surface area contributed by atoms with E-state index in [0.29, 0.717) is 6.54 Å². The number of halogens is 1. The van der Waals surface area contributed by atoms with Crippen LogP contribution in [0.5, 0.6) is 0 Å². The second kappa shape index (κ2) is 5.10. The number of amides is 2. The fourth-order valence-corrected chi connectivity index (χ4v) is 2.66. The first-order valence-corrected chi connectivity index (χ1v) is 6.62. The van der Waals surface area contributed by atoms with Crippen LogP contribution in [0.15, 0.2) is 28.7 Å². The Balaban J connectivity index is 2.17. The Morgan fingerprint density at radius 3 is 2.83 bits per heavy atom. The van der Waals surface area contributed by atoms with E-state index in [1.165, 1.54) is 0 Å². The van der Waals surface area contributed by atoms with E-state index in [9.17, 15) is 9.59 Å². The normalized spacial score (nSPS) is 21.1. The number of primary amides is 1. The van der Waals surface area contributed by atoms with E-state index in [2.05, 4.69) is 15.9 Å². The van der Waals surface area contributed by atoms with E-state index >= 15 is 0 Å². The zero-order valence-corrected chi connectivity index (χ0v) is 11.7. The molecule has 0 aliphatic carbocycles. The summed E-state index contributed by atoms with van der Waals surface area (Å²) in [6.07, 6.45) is 0.230. The molecule has 1 saturated heterocycles. The van der Waals surface area contributed by atoms with Crippen LogP contribution in [-0.4, -0.2) is 23.3 Å². The molecule has 18 heavy (non-hydrogen) atoms. The van der Waals surface area contributed by atoms with Gasteiger partial charge in [0, 0.05) is 17.4 Å². The first kappa shape index (κ1) is 13.1. The van der Waals surface area contributed by atoms with Crippen LogP contribution in [0.2, 0.25) is 0 Å². The first-order chi connectivity index (χ1) is 8.49. The topological polar surface area (TPSA) is 63.4 Å². The van der Waals surface area contributed by atoms with Gasteiger partial charge in [-0.15, -0.1) is 0 Å². The first-order valence-electron chi connectivity index (χ1n) is 5.83. The molecule has 1 aromatic carbocycles. The van der Waals surface area contributed by atoms with E-state index in [-0.39, 0.29) is 24.3 Å². The third-order valence-corrected chi connectivity index (χ3v) is 3.85. The predicted molar refractivity (Wildman–Crippen MR) is 71.6 cm³/mol. The number of carbonyl (C=O) groups is 2. The maximum absolute atomic E-state index is 11.9. The SMILES string of the molecule is CC(c1cccc(Br)c1)N1CC(C(N)=O)CC1=O. The molecule has 1 aromatic rings. The van der Waals surface area contributed by atoms with Gasteiger partial charge in [0.25, 0.3) is 0 Å². The zero-order valence-electron chi connectivity index (χ0n) is 10.1. The van der Waals surface area contributed by atoms with Crippen LogP contribution < -0.4 is 5.73 Å². The Kier molecular flexibility index (Phi) is 3.71. The van der Waals surface area contributed by atoms with Crippen molar-refractivity contribution in [3.8, 4) is 0 Å². The number of hydrogen-bond acceptors (Lipinski definition) is 2. The van der Waals surface area contributed by atoms with Crippen molar-refractivity contribution in [3.63, 3.8) is 0 Å². The Bertz CT molecular complexity index is 490. The molecule has 2 amide bonds. The predicted octanol–water partition coefficient (Wildman–Crippen LogP) is 1.84. The van der Waals surface area contributed by atoms with Crippen molar-refractivity contribution in [2.24, 2.45) is 11.7 Å². The molecule has 0 spiro atoms. The lowest BCUT2D eigenvalue weighted by molar-refractivity contribution is -0.130. The molecule has 4 nitrogen and oxygen atoms in total. The van der Waals surface area contributed by atoms with Gasteiger partial charge in [0.15, 0.2) is 0 Å². The second-order valence-electron chi connectivity index (χ2n) is 4.58. The summed E-state index contributed by atoms with van der Waals surface area (Å²) in [5.74, 6) is -0.759. The molecule has 2 rings (SSSR count). The number of hydrogen-bond donors (Lipinski definition) is 1. The highest BCUT2D eigenvalue weighted by atomic mass is 79.9. The number of carbonyl (C=O) groups excluding carboxylic acids is 2. The minimum Gasteiger partial charge on any atom is -0.369 e. The Hall–Kier alpha value is -1.36. The summed E-state index contributed by atoms with van der Waals surface area (Å²) < 4.78 is 0.977. The summed E-state index contributed by atoms with van der Waals surface area (Å²) in [5, 5.41) is 0. The molecule has 1 aliphatic heterocycles. The largest absolute Gasteiger partial charge is 0.369 e. The van der Waals surface area contributed by atoms with Crippen molar-refractivity contribution in [1.82, 2.24) is 4.90 Å². The lowest BCUT2D eigenvalue weighted by Gasteiger charge is -2.25. The smallest absolute Gasteiger partial charge is 0.223 e. The van der Waals surface area contributed by atoms with Crippen LogP contribution in [-0.2, 0) is 9.59 Å². The molecule has 1 fully saturated rings. The molecule has 1 aliphatic rings. The zero-order chi connectivity index (χ0) is 13.3. The van der Waals surface area contributed by atoms with Crippen LogP contribution in [0.3, 0.4) is 0 Å². The van der Waals surface area contributed by atoms with Gasteiger partial charge in [-0.1, -0.05) is 28.1 Å². The van der Waals surface area contributed by atoms with E-state index in [1.807, 2.05) is 31.2 Å². The van der Waals surface area contributed by atoms with E-state index < -0.39 is 5.91 Å². The minimum absolute atomic E-state index is 0.00808. The minimum atomic E-state index is -0.396. The van der Waals surface area contributed by atoms with Gasteiger partial charge in [-0.3, -0.25) is 9.59 Å².